The number of fused-ring (bicyclic) bond motifs is 2. The average Bonchev–Trinajstić information content (AvgIpc) is 2.70. The average molecular weight is 358 g/mol. The van der Waals surface area contributed by atoms with Gasteiger partial charge in [-0.3, -0.25) is 4.89 Å². The molecule has 1 aliphatic carbocycles. The molecule has 3 aromatic carbocycles. The van der Waals surface area contributed by atoms with E-state index in [2.05, 4.69) is 19.1 Å². The van der Waals surface area contributed by atoms with E-state index in [1.54, 1.807) is 0 Å². The van der Waals surface area contributed by atoms with E-state index >= 15 is 0 Å². The lowest BCUT2D eigenvalue weighted by Gasteiger charge is -2.41. The second-order valence-corrected chi connectivity index (χ2v) is 7.00. The van der Waals surface area contributed by atoms with Crippen LogP contribution in [0.2, 0.25) is 0 Å². The van der Waals surface area contributed by atoms with Crippen LogP contribution in [0, 0.1) is 6.92 Å². The van der Waals surface area contributed by atoms with Crippen molar-refractivity contribution in [2.24, 2.45) is 0 Å². The fourth-order valence-electron chi connectivity index (χ4n) is 4.50. The Morgan fingerprint density at radius 2 is 1.30 bits per heavy atom. The van der Waals surface area contributed by atoms with Crippen molar-refractivity contribution in [1.29, 1.82) is 0 Å². The van der Waals surface area contributed by atoms with Crippen LogP contribution in [0.25, 0.3) is 0 Å². The van der Waals surface area contributed by atoms with E-state index in [-0.39, 0.29) is 5.92 Å². The Bertz CT molecular complexity index is 958. The summed E-state index contributed by atoms with van der Waals surface area (Å²) in [7, 11) is 1.37. The van der Waals surface area contributed by atoms with E-state index < -0.39 is 11.4 Å². The Labute approximate surface area is 159 Å². The summed E-state index contributed by atoms with van der Waals surface area (Å²) in [4.78, 5) is 23.6. The van der Waals surface area contributed by atoms with Gasteiger partial charge >= 0.3 is 5.97 Å². The molecule has 0 unspecified atom stereocenters. The summed E-state index contributed by atoms with van der Waals surface area (Å²) in [6.07, 6.45) is 0. The van der Waals surface area contributed by atoms with Crippen molar-refractivity contribution in [3.05, 3.63) is 106 Å². The quantitative estimate of drug-likeness (QED) is 0.493. The first-order valence-corrected chi connectivity index (χ1v) is 9.12. The predicted molar refractivity (Wildman–Crippen MR) is 105 cm³/mol. The Morgan fingerprint density at radius 1 is 0.815 bits per heavy atom. The lowest BCUT2D eigenvalue weighted by atomic mass is 9.60. The molecule has 0 aliphatic heterocycles. The van der Waals surface area contributed by atoms with Gasteiger partial charge < -0.3 is 0 Å². The molecule has 0 atom stereocenters. The third-order valence-corrected chi connectivity index (χ3v) is 5.68. The van der Waals surface area contributed by atoms with E-state index in [4.69, 9.17) is 9.78 Å². The van der Waals surface area contributed by atoms with Crippen molar-refractivity contribution in [2.45, 2.75) is 25.2 Å². The minimum Gasteiger partial charge on any atom is -0.297 e. The molecule has 0 amide bonds. The van der Waals surface area contributed by atoms with Gasteiger partial charge in [-0.1, -0.05) is 79.7 Å². The fraction of sp³-hybridized carbons (Fsp3) is 0.208. The van der Waals surface area contributed by atoms with Crippen molar-refractivity contribution in [3.8, 4) is 0 Å². The van der Waals surface area contributed by atoms with Crippen LogP contribution in [-0.4, -0.2) is 13.1 Å². The lowest BCUT2D eigenvalue weighted by molar-refractivity contribution is -0.258. The fourth-order valence-corrected chi connectivity index (χ4v) is 4.50. The van der Waals surface area contributed by atoms with E-state index in [1.165, 1.54) is 7.11 Å². The summed E-state index contributed by atoms with van der Waals surface area (Å²) in [5, 5.41) is 0. The number of benzene rings is 3. The maximum absolute atomic E-state index is 13.6. The highest BCUT2D eigenvalue weighted by Gasteiger charge is 2.52. The Hall–Kier alpha value is -2.91. The standard InChI is InChI=1S/C24H22O3/c1-16-10-4-7-13-20(16)24(23(25)27-26-3)21-14-8-5-11-18(21)17(2)19-12-6-9-15-22(19)24/h4-15,17H,1-3H3. The van der Waals surface area contributed by atoms with Crippen LogP contribution in [0.3, 0.4) is 0 Å². The molecular weight excluding hydrogens is 336 g/mol. The van der Waals surface area contributed by atoms with Crippen molar-refractivity contribution in [1.82, 2.24) is 0 Å². The van der Waals surface area contributed by atoms with Crippen LogP contribution in [0.4, 0.5) is 0 Å². The minimum atomic E-state index is -1.07. The Morgan fingerprint density at radius 3 is 1.81 bits per heavy atom. The first-order valence-electron chi connectivity index (χ1n) is 9.12. The highest BCUT2D eigenvalue weighted by atomic mass is 17.2. The molecule has 0 heterocycles. The Kier molecular flexibility index (Phi) is 4.33. The number of aryl methyl sites for hydroxylation is 1. The summed E-state index contributed by atoms with van der Waals surface area (Å²) in [5.41, 5.74) is 5.05. The molecule has 3 aromatic rings. The van der Waals surface area contributed by atoms with Gasteiger partial charge in [0.25, 0.3) is 0 Å². The van der Waals surface area contributed by atoms with Crippen LogP contribution in [0.15, 0.2) is 72.8 Å². The number of carbonyl (C=O) groups excluding carboxylic acids is 1. The molecular formula is C24H22O3. The smallest absolute Gasteiger partial charge is 0.297 e. The normalized spacial score (nSPS) is 20.5. The third kappa shape index (κ3) is 2.42. The van der Waals surface area contributed by atoms with Crippen LogP contribution < -0.4 is 0 Å². The van der Waals surface area contributed by atoms with Crippen LogP contribution >= 0.6 is 0 Å². The zero-order valence-corrected chi connectivity index (χ0v) is 15.7. The molecule has 4 rings (SSSR count). The molecule has 27 heavy (non-hydrogen) atoms. The molecule has 0 saturated heterocycles. The third-order valence-electron chi connectivity index (χ3n) is 5.68. The van der Waals surface area contributed by atoms with E-state index in [9.17, 15) is 4.79 Å². The molecule has 0 radical (unpaired) electrons. The minimum absolute atomic E-state index is 0.185. The molecule has 1 aliphatic rings. The monoisotopic (exact) mass is 358 g/mol. The van der Waals surface area contributed by atoms with Crippen LogP contribution in [-0.2, 0) is 20.0 Å². The predicted octanol–water partition coefficient (Wildman–Crippen LogP) is 4.90. The van der Waals surface area contributed by atoms with Gasteiger partial charge in [0.05, 0.1) is 7.11 Å². The number of carbonyl (C=O) groups is 1. The highest BCUT2D eigenvalue weighted by molar-refractivity contribution is 5.94. The first kappa shape index (κ1) is 17.5. The second-order valence-electron chi connectivity index (χ2n) is 7.00. The van der Waals surface area contributed by atoms with Crippen molar-refractivity contribution < 1.29 is 14.6 Å². The Balaban J connectivity index is 2.18. The van der Waals surface area contributed by atoms with Crippen molar-refractivity contribution in [2.75, 3.05) is 7.11 Å². The van der Waals surface area contributed by atoms with Gasteiger partial charge in [-0.25, -0.2) is 4.79 Å². The lowest BCUT2D eigenvalue weighted by Crippen LogP contribution is -2.44. The summed E-state index contributed by atoms with van der Waals surface area (Å²) in [6, 6.07) is 24.3. The molecule has 0 aromatic heterocycles. The zero-order valence-electron chi connectivity index (χ0n) is 15.7. The van der Waals surface area contributed by atoms with Gasteiger partial charge in [0.15, 0.2) is 0 Å². The molecule has 0 saturated carbocycles. The van der Waals surface area contributed by atoms with E-state index in [1.807, 2.05) is 67.6 Å². The van der Waals surface area contributed by atoms with Crippen LogP contribution in [0.1, 0.15) is 46.2 Å². The number of hydrogen-bond donors (Lipinski definition) is 0. The molecule has 0 N–H and O–H groups in total. The van der Waals surface area contributed by atoms with E-state index in [0.29, 0.717) is 0 Å². The molecule has 3 heteroatoms. The maximum atomic E-state index is 13.6. The molecule has 136 valence electrons. The molecule has 3 nitrogen and oxygen atoms in total. The SMILES string of the molecule is COOC(=O)C1(c2ccccc2C)c2ccccc2C(C)c2ccccc21. The first-order chi connectivity index (χ1) is 13.1. The van der Waals surface area contributed by atoms with Gasteiger partial charge in [0, 0.05) is 5.92 Å². The van der Waals surface area contributed by atoms with E-state index in [0.717, 1.165) is 33.4 Å². The maximum Gasteiger partial charge on any atom is 0.361 e. The summed E-state index contributed by atoms with van der Waals surface area (Å²) in [5.74, 6) is -0.240. The summed E-state index contributed by atoms with van der Waals surface area (Å²) in [6.45, 7) is 4.21. The van der Waals surface area contributed by atoms with Gasteiger partial charge in [0.1, 0.15) is 5.41 Å². The second kappa shape index (κ2) is 6.67. The number of rotatable bonds is 3. The van der Waals surface area contributed by atoms with Crippen molar-refractivity contribution in [3.63, 3.8) is 0 Å². The molecule has 0 spiro atoms. The summed E-state index contributed by atoms with van der Waals surface area (Å²) >= 11 is 0. The van der Waals surface area contributed by atoms with Crippen LogP contribution in [0.5, 0.6) is 0 Å². The van der Waals surface area contributed by atoms with Gasteiger partial charge in [-0.2, -0.15) is 4.89 Å². The highest BCUT2D eigenvalue weighted by Crippen LogP contribution is 2.51. The van der Waals surface area contributed by atoms with Crippen molar-refractivity contribution >= 4 is 5.97 Å². The topological polar surface area (TPSA) is 35.5 Å². The van der Waals surface area contributed by atoms with Gasteiger partial charge in [-0.05, 0) is 40.3 Å². The van der Waals surface area contributed by atoms with Gasteiger partial charge in [-0.15, -0.1) is 0 Å². The summed E-state index contributed by atoms with van der Waals surface area (Å²) < 4.78 is 0. The van der Waals surface area contributed by atoms with Gasteiger partial charge in [0.2, 0.25) is 0 Å². The largest absolute Gasteiger partial charge is 0.361 e. The molecule has 0 fully saturated rings. The zero-order chi connectivity index (χ0) is 19.0. The number of hydrogen-bond acceptors (Lipinski definition) is 3. The molecule has 0 bridgehead atoms.